The minimum absolute atomic E-state index is 0.0278. The number of thiophene rings is 1. The van der Waals surface area contributed by atoms with E-state index in [0.717, 1.165) is 10.4 Å². The molecule has 2 N–H and O–H groups in total. The summed E-state index contributed by atoms with van der Waals surface area (Å²) in [5, 5.41) is 2.01. The molecule has 0 saturated carbocycles. The Bertz CT molecular complexity index is 694. The van der Waals surface area contributed by atoms with E-state index in [0.29, 0.717) is 18.8 Å². The SMILES string of the molecule is CCN(Cc1cccs1)C(=O)/C=C\c1ccc(OCC(N)=O)cc1. The first kappa shape index (κ1) is 17.7. The smallest absolute Gasteiger partial charge is 0.255 e. The lowest BCUT2D eigenvalue weighted by molar-refractivity contribution is -0.126. The molecule has 1 heterocycles. The lowest BCUT2D eigenvalue weighted by Crippen LogP contribution is -2.28. The first-order chi connectivity index (χ1) is 11.6. The fourth-order valence-corrected chi connectivity index (χ4v) is 2.76. The monoisotopic (exact) mass is 344 g/mol. The van der Waals surface area contributed by atoms with Crippen molar-refractivity contribution in [2.24, 2.45) is 5.73 Å². The van der Waals surface area contributed by atoms with Crippen LogP contribution in [-0.2, 0) is 16.1 Å². The zero-order valence-electron chi connectivity index (χ0n) is 13.5. The lowest BCUT2D eigenvalue weighted by atomic mass is 10.2. The zero-order chi connectivity index (χ0) is 17.4. The van der Waals surface area contributed by atoms with Crippen molar-refractivity contribution in [3.8, 4) is 5.75 Å². The number of nitrogens with zero attached hydrogens (tertiary/aromatic N) is 1. The van der Waals surface area contributed by atoms with Gasteiger partial charge in [-0.05, 0) is 42.1 Å². The maximum Gasteiger partial charge on any atom is 0.255 e. The molecule has 0 fully saturated rings. The minimum Gasteiger partial charge on any atom is -0.484 e. The lowest BCUT2D eigenvalue weighted by Gasteiger charge is -2.18. The van der Waals surface area contributed by atoms with E-state index < -0.39 is 5.91 Å². The van der Waals surface area contributed by atoms with Crippen LogP contribution in [0.4, 0.5) is 0 Å². The highest BCUT2D eigenvalue weighted by molar-refractivity contribution is 7.09. The number of benzene rings is 1. The summed E-state index contributed by atoms with van der Waals surface area (Å²) in [5.74, 6) is 0.0140. The Morgan fingerprint density at radius 1 is 1.25 bits per heavy atom. The van der Waals surface area contributed by atoms with E-state index in [1.54, 1.807) is 40.5 Å². The van der Waals surface area contributed by atoms with Gasteiger partial charge in [0.2, 0.25) is 5.91 Å². The summed E-state index contributed by atoms with van der Waals surface area (Å²) in [4.78, 5) is 25.9. The summed E-state index contributed by atoms with van der Waals surface area (Å²) in [6.07, 6.45) is 3.33. The average molecular weight is 344 g/mol. The van der Waals surface area contributed by atoms with Crippen LogP contribution < -0.4 is 10.5 Å². The molecule has 0 unspecified atom stereocenters. The standard InChI is InChI=1S/C18H20N2O3S/c1-2-20(12-16-4-3-11-24-16)18(22)10-7-14-5-8-15(9-6-14)23-13-17(19)21/h3-11H,2,12-13H2,1H3,(H2,19,21)/b10-7-. The van der Waals surface area contributed by atoms with Gasteiger partial charge in [-0.15, -0.1) is 11.3 Å². The molecular formula is C18H20N2O3S. The Kier molecular flexibility index (Phi) is 6.57. The van der Waals surface area contributed by atoms with Crippen molar-refractivity contribution >= 4 is 29.2 Å². The van der Waals surface area contributed by atoms with Crippen molar-refractivity contribution < 1.29 is 14.3 Å². The van der Waals surface area contributed by atoms with Gasteiger partial charge in [0, 0.05) is 17.5 Å². The maximum absolute atomic E-state index is 12.3. The molecule has 0 atom stereocenters. The molecule has 0 aliphatic heterocycles. The average Bonchev–Trinajstić information content (AvgIpc) is 3.09. The van der Waals surface area contributed by atoms with Crippen molar-refractivity contribution in [3.63, 3.8) is 0 Å². The summed E-state index contributed by atoms with van der Waals surface area (Å²) in [6, 6.07) is 11.1. The fourth-order valence-electron chi connectivity index (χ4n) is 2.04. The summed E-state index contributed by atoms with van der Waals surface area (Å²) < 4.78 is 5.19. The molecule has 0 radical (unpaired) electrons. The Morgan fingerprint density at radius 2 is 2.00 bits per heavy atom. The first-order valence-electron chi connectivity index (χ1n) is 7.59. The number of carbonyl (C=O) groups is 2. The second kappa shape index (κ2) is 8.88. The Balaban J connectivity index is 1.93. The van der Waals surface area contributed by atoms with Gasteiger partial charge in [0.25, 0.3) is 5.91 Å². The number of rotatable bonds is 8. The highest BCUT2D eigenvalue weighted by atomic mass is 32.1. The molecule has 0 aliphatic carbocycles. The molecule has 2 rings (SSSR count). The van der Waals surface area contributed by atoms with Gasteiger partial charge in [-0.3, -0.25) is 9.59 Å². The molecule has 126 valence electrons. The van der Waals surface area contributed by atoms with Gasteiger partial charge in [0.15, 0.2) is 6.61 Å². The zero-order valence-corrected chi connectivity index (χ0v) is 14.3. The third-order valence-electron chi connectivity index (χ3n) is 3.30. The van der Waals surface area contributed by atoms with Gasteiger partial charge < -0.3 is 15.4 Å². The molecule has 0 saturated heterocycles. The molecule has 0 aliphatic rings. The predicted molar refractivity (Wildman–Crippen MR) is 95.6 cm³/mol. The third-order valence-corrected chi connectivity index (χ3v) is 4.16. The van der Waals surface area contributed by atoms with Gasteiger partial charge in [-0.25, -0.2) is 0 Å². The topological polar surface area (TPSA) is 72.6 Å². The van der Waals surface area contributed by atoms with Crippen LogP contribution in [-0.4, -0.2) is 29.9 Å². The normalized spacial score (nSPS) is 10.7. The van der Waals surface area contributed by atoms with Crippen LogP contribution in [0.15, 0.2) is 47.9 Å². The number of carbonyl (C=O) groups excluding carboxylic acids is 2. The molecular weight excluding hydrogens is 324 g/mol. The summed E-state index contributed by atoms with van der Waals surface area (Å²) >= 11 is 1.64. The van der Waals surface area contributed by atoms with E-state index in [4.69, 9.17) is 10.5 Å². The van der Waals surface area contributed by atoms with Gasteiger partial charge >= 0.3 is 0 Å². The Morgan fingerprint density at radius 3 is 2.58 bits per heavy atom. The highest BCUT2D eigenvalue weighted by Gasteiger charge is 2.09. The van der Waals surface area contributed by atoms with Gasteiger partial charge in [-0.2, -0.15) is 0 Å². The number of likely N-dealkylation sites (N-methyl/N-ethyl adjacent to an activating group) is 1. The number of primary amides is 1. The molecule has 1 aromatic heterocycles. The molecule has 1 aromatic carbocycles. The van der Waals surface area contributed by atoms with E-state index in [1.165, 1.54) is 0 Å². The van der Waals surface area contributed by atoms with Crippen molar-refractivity contribution in [2.45, 2.75) is 13.5 Å². The molecule has 5 nitrogen and oxygen atoms in total. The van der Waals surface area contributed by atoms with Gasteiger partial charge in [0.1, 0.15) is 5.75 Å². The molecule has 2 amide bonds. The highest BCUT2D eigenvalue weighted by Crippen LogP contribution is 2.14. The van der Waals surface area contributed by atoms with Crippen molar-refractivity contribution in [2.75, 3.05) is 13.2 Å². The second-order valence-electron chi connectivity index (χ2n) is 5.09. The largest absolute Gasteiger partial charge is 0.484 e. The predicted octanol–water partition coefficient (Wildman–Crippen LogP) is 2.67. The minimum atomic E-state index is -0.519. The van der Waals surface area contributed by atoms with E-state index in [9.17, 15) is 9.59 Å². The van der Waals surface area contributed by atoms with Crippen LogP contribution in [0.3, 0.4) is 0 Å². The summed E-state index contributed by atoms with van der Waals surface area (Å²) in [5.41, 5.74) is 5.90. The van der Waals surface area contributed by atoms with E-state index in [1.807, 2.05) is 36.6 Å². The Labute approximate surface area is 145 Å². The number of amides is 2. The van der Waals surface area contributed by atoms with Crippen LogP contribution in [0.1, 0.15) is 17.4 Å². The van der Waals surface area contributed by atoms with Gasteiger partial charge in [0.05, 0.1) is 6.54 Å². The van der Waals surface area contributed by atoms with Gasteiger partial charge in [-0.1, -0.05) is 18.2 Å². The molecule has 0 bridgehead atoms. The van der Waals surface area contributed by atoms with Crippen molar-refractivity contribution in [1.29, 1.82) is 0 Å². The van der Waals surface area contributed by atoms with Crippen LogP contribution >= 0.6 is 11.3 Å². The molecule has 6 heteroatoms. The third kappa shape index (κ3) is 5.55. The quantitative estimate of drug-likeness (QED) is 0.748. The first-order valence-corrected chi connectivity index (χ1v) is 8.47. The molecule has 0 spiro atoms. The summed E-state index contributed by atoms with van der Waals surface area (Å²) in [7, 11) is 0. The van der Waals surface area contributed by atoms with Crippen LogP contribution in [0, 0.1) is 0 Å². The fraction of sp³-hybridized carbons (Fsp3) is 0.222. The Hall–Kier alpha value is -2.60. The number of hydrogen-bond acceptors (Lipinski definition) is 4. The van der Waals surface area contributed by atoms with Crippen LogP contribution in [0.5, 0.6) is 5.75 Å². The van der Waals surface area contributed by atoms with E-state index in [-0.39, 0.29) is 12.5 Å². The van der Waals surface area contributed by atoms with Crippen molar-refractivity contribution in [3.05, 3.63) is 58.3 Å². The second-order valence-corrected chi connectivity index (χ2v) is 6.12. The van der Waals surface area contributed by atoms with Crippen LogP contribution in [0.25, 0.3) is 6.08 Å². The molecule has 24 heavy (non-hydrogen) atoms. The maximum atomic E-state index is 12.3. The van der Waals surface area contributed by atoms with E-state index in [2.05, 4.69) is 0 Å². The van der Waals surface area contributed by atoms with Crippen LogP contribution in [0.2, 0.25) is 0 Å². The van der Waals surface area contributed by atoms with E-state index >= 15 is 0 Å². The molecule has 2 aromatic rings. The van der Waals surface area contributed by atoms with Crippen molar-refractivity contribution in [1.82, 2.24) is 4.90 Å². The summed E-state index contributed by atoms with van der Waals surface area (Å²) in [6.45, 7) is 3.09. The number of nitrogens with two attached hydrogens (primary N) is 1. The number of hydrogen-bond donors (Lipinski definition) is 1. The number of ether oxygens (including phenoxy) is 1.